The maximum atomic E-state index is 11.8. The van der Waals surface area contributed by atoms with Gasteiger partial charge in [0.1, 0.15) is 0 Å². The summed E-state index contributed by atoms with van der Waals surface area (Å²) in [4.78, 5) is 25.8. The monoisotopic (exact) mass is 288 g/mol. The van der Waals surface area contributed by atoms with Crippen molar-refractivity contribution in [1.82, 2.24) is 19.4 Å². The largest absolute Gasteiger partial charge is 0.330 e. The third-order valence-corrected chi connectivity index (χ3v) is 3.63. The topological polar surface area (TPSA) is 59.3 Å². The number of rotatable bonds is 2. The van der Waals surface area contributed by atoms with Crippen molar-refractivity contribution in [3.05, 3.63) is 32.6 Å². The molecule has 0 amide bonds. The predicted molar refractivity (Wildman–Crippen MR) is 76.9 cm³/mol. The van der Waals surface area contributed by atoms with Crippen LogP contribution in [0.1, 0.15) is 12.6 Å². The molecule has 0 unspecified atom stereocenters. The van der Waals surface area contributed by atoms with Gasteiger partial charge in [0.15, 0.2) is 0 Å². The Labute approximate surface area is 118 Å². The van der Waals surface area contributed by atoms with E-state index in [0.717, 1.165) is 29.9 Å². The van der Waals surface area contributed by atoms with E-state index in [9.17, 15) is 9.59 Å². The molecule has 0 radical (unpaired) electrons. The van der Waals surface area contributed by atoms with Gasteiger partial charge < -0.3 is 5.32 Å². The van der Waals surface area contributed by atoms with Gasteiger partial charge in [-0.15, -0.1) is 12.4 Å². The Morgan fingerprint density at radius 3 is 2.63 bits per heavy atom. The summed E-state index contributed by atoms with van der Waals surface area (Å²) in [7, 11) is 3.21. The number of aromatic nitrogens is 2. The second kappa shape index (κ2) is 6.36. The zero-order chi connectivity index (χ0) is 13.3. The fourth-order valence-corrected chi connectivity index (χ4v) is 2.26. The minimum atomic E-state index is -0.264. The van der Waals surface area contributed by atoms with Gasteiger partial charge in [-0.1, -0.05) is 0 Å². The Kier molecular flexibility index (Phi) is 5.34. The zero-order valence-electron chi connectivity index (χ0n) is 11.5. The van der Waals surface area contributed by atoms with Crippen molar-refractivity contribution in [2.45, 2.75) is 19.5 Å². The van der Waals surface area contributed by atoms with Gasteiger partial charge in [-0.2, -0.15) is 0 Å². The first-order valence-corrected chi connectivity index (χ1v) is 6.21. The number of hydrogen-bond donors (Lipinski definition) is 1. The predicted octanol–water partition coefficient (Wildman–Crippen LogP) is -0.700. The average Bonchev–Trinajstić information content (AvgIpc) is 2.36. The molecule has 0 spiro atoms. The van der Waals surface area contributed by atoms with Crippen LogP contribution in [-0.4, -0.2) is 39.7 Å². The van der Waals surface area contributed by atoms with Gasteiger partial charge in [0.05, 0.1) is 0 Å². The molecule has 0 saturated carbocycles. The molecular weight excluding hydrogens is 268 g/mol. The first-order valence-electron chi connectivity index (χ1n) is 6.21. The highest BCUT2D eigenvalue weighted by Gasteiger charge is 2.19. The van der Waals surface area contributed by atoms with Crippen molar-refractivity contribution in [3.63, 3.8) is 0 Å². The first kappa shape index (κ1) is 15.9. The molecule has 1 saturated heterocycles. The Balaban J connectivity index is 0.00000180. The maximum Gasteiger partial charge on any atom is 0.330 e. The van der Waals surface area contributed by atoms with Crippen LogP contribution in [-0.2, 0) is 20.6 Å². The highest BCUT2D eigenvalue weighted by atomic mass is 35.5. The van der Waals surface area contributed by atoms with Gasteiger partial charge in [0, 0.05) is 58.1 Å². The molecular formula is C12H21ClN4O2. The fourth-order valence-electron chi connectivity index (χ4n) is 2.26. The summed E-state index contributed by atoms with van der Waals surface area (Å²) in [5.41, 5.74) is 0.271. The molecule has 1 aromatic rings. The minimum absolute atomic E-state index is 0. The number of hydrogen-bond acceptors (Lipinski definition) is 4. The Bertz CT molecular complexity index is 552. The third-order valence-electron chi connectivity index (χ3n) is 3.63. The van der Waals surface area contributed by atoms with E-state index in [1.807, 2.05) is 0 Å². The van der Waals surface area contributed by atoms with Crippen LogP contribution < -0.4 is 16.6 Å². The molecule has 0 bridgehead atoms. The van der Waals surface area contributed by atoms with Crippen molar-refractivity contribution in [3.8, 4) is 0 Å². The van der Waals surface area contributed by atoms with E-state index in [2.05, 4.69) is 17.1 Å². The number of halogens is 1. The Morgan fingerprint density at radius 1 is 1.32 bits per heavy atom. The lowest BCUT2D eigenvalue weighted by Gasteiger charge is -2.34. The van der Waals surface area contributed by atoms with Gasteiger partial charge in [0.2, 0.25) is 0 Å². The molecule has 1 fully saturated rings. The lowest BCUT2D eigenvalue weighted by atomic mass is 10.2. The van der Waals surface area contributed by atoms with Gasteiger partial charge in [-0.25, -0.2) is 4.79 Å². The quantitative estimate of drug-likeness (QED) is 0.782. The van der Waals surface area contributed by atoms with Crippen LogP contribution in [0.25, 0.3) is 0 Å². The molecule has 0 aromatic carbocycles. The lowest BCUT2D eigenvalue weighted by Crippen LogP contribution is -2.50. The molecule has 2 rings (SSSR count). The molecule has 1 atom stereocenters. The van der Waals surface area contributed by atoms with Crippen molar-refractivity contribution in [2.24, 2.45) is 14.1 Å². The first-order chi connectivity index (χ1) is 8.50. The molecule has 1 aliphatic heterocycles. The highest BCUT2D eigenvalue weighted by Crippen LogP contribution is 2.07. The van der Waals surface area contributed by atoms with Crippen LogP contribution in [0, 0.1) is 0 Å². The molecule has 1 N–H and O–H groups in total. The molecule has 2 heterocycles. The molecule has 7 heteroatoms. The van der Waals surface area contributed by atoms with E-state index in [0.29, 0.717) is 12.6 Å². The summed E-state index contributed by atoms with van der Waals surface area (Å²) in [6.45, 7) is 5.61. The molecule has 6 nitrogen and oxygen atoms in total. The van der Waals surface area contributed by atoms with Gasteiger partial charge in [-0.3, -0.25) is 18.8 Å². The van der Waals surface area contributed by atoms with Gasteiger partial charge in [0.25, 0.3) is 5.56 Å². The Morgan fingerprint density at radius 2 is 2.00 bits per heavy atom. The van der Waals surface area contributed by atoms with Crippen LogP contribution in [0.5, 0.6) is 0 Å². The summed E-state index contributed by atoms with van der Waals surface area (Å²) in [5, 5.41) is 3.32. The van der Waals surface area contributed by atoms with Crippen molar-refractivity contribution in [1.29, 1.82) is 0 Å². The van der Waals surface area contributed by atoms with E-state index < -0.39 is 0 Å². The van der Waals surface area contributed by atoms with Gasteiger partial charge >= 0.3 is 5.69 Å². The molecule has 1 aromatic heterocycles. The second-order valence-electron chi connectivity index (χ2n) is 4.90. The van der Waals surface area contributed by atoms with Crippen molar-refractivity contribution >= 4 is 12.4 Å². The van der Waals surface area contributed by atoms with Crippen LogP contribution in [0.2, 0.25) is 0 Å². The lowest BCUT2D eigenvalue weighted by molar-refractivity contribution is 0.161. The molecule has 19 heavy (non-hydrogen) atoms. The summed E-state index contributed by atoms with van der Waals surface area (Å²) in [6, 6.07) is 1.97. The van der Waals surface area contributed by atoms with E-state index in [-0.39, 0.29) is 23.7 Å². The van der Waals surface area contributed by atoms with Crippen LogP contribution in [0.15, 0.2) is 15.7 Å². The number of nitrogens with one attached hydrogen (secondary N) is 1. The minimum Gasteiger partial charge on any atom is -0.314 e. The maximum absolute atomic E-state index is 11.8. The van der Waals surface area contributed by atoms with Crippen molar-refractivity contribution in [2.75, 3.05) is 19.6 Å². The third kappa shape index (κ3) is 3.26. The average molecular weight is 289 g/mol. The standard InChI is InChI=1S/C12H20N4O2.ClH/c1-9-7-13-4-5-16(9)8-10-6-11(17)15(3)12(18)14(10)2;/h6,9,13H,4-5,7-8H2,1-3H3;1H/t9-;/m0./s1. The van der Waals surface area contributed by atoms with Crippen molar-refractivity contribution < 1.29 is 0 Å². The van der Waals surface area contributed by atoms with Gasteiger partial charge in [-0.05, 0) is 6.92 Å². The summed E-state index contributed by atoms with van der Waals surface area (Å²) in [5.74, 6) is 0. The molecule has 1 aliphatic rings. The zero-order valence-corrected chi connectivity index (χ0v) is 12.4. The van der Waals surface area contributed by atoms with Crippen LogP contribution in [0.3, 0.4) is 0 Å². The fraction of sp³-hybridized carbons (Fsp3) is 0.667. The molecule has 0 aliphatic carbocycles. The molecule has 108 valence electrons. The van der Waals surface area contributed by atoms with E-state index >= 15 is 0 Å². The van der Waals surface area contributed by atoms with E-state index in [1.165, 1.54) is 7.05 Å². The van der Waals surface area contributed by atoms with E-state index in [1.54, 1.807) is 17.7 Å². The smallest absolute Gasteiger partial charge is 0.314 e. The number of piperazine rings is 1. The second-order valence-corrected chi connectivity index (χ2v) is 4.90. The summed E-state index contributed by atoms with van der Waals surface area (Å²) >= 11 is 0. The van der Waals surface area contributed by atoms with E-state index in [4.69, 9.17) is 0 Å². The highest BCUT2D eigenvalue weighted by molar-refractivity contribution is 5.85. The number of nitrogens with zero attached hydrogens (tertiary/aromatic N) is 3. The summed E-state index contributed by atoms with van der Waals surface area (Å²) in [6.07, 6.45) is 0. The SMILES string of the molecule is C[C@H]1CNCCN1Cc1cc(=O)n(C)c(=O)n1C.Cl. The van der Waals surface area contributed by atoms with Crippen LogP contribution in [0.4, 0.5) is 0 Å². The van der Waals surface area contributed by atoms with Crippen LogP contribution >= 0.6 is 12.4 Å². The summed E-state index contributed by atoms with van der Waals surface area (Å²) < 4.78 is 2.68. The Hall–Kier alpha value is -1.11. The normalized spacial score (nSPS) is 20.1.